The highest BCUT2D eigenvalue weighted by Gasteiger charge is 2.14. The zero-order valence-corrected chi connectivity index (χ0v) is 18.7. The van der Waals surface area contributed by atoms with E-state index < -0.39 is 0 Å². The Morgan fingerprint density at radius 1 is 0.806 bits per heavy atom. The van der Waals surface area contributed by atoms with Gasteiger partial charge in [-0.3, -0.25) is 9.69 Å². The molecule has 1 amide bonds. The predicted molar refractivity (Wildman–Crippen MR) is 129 cm³/mol. The maximum absolute atomic E-state index is 13.0. The van der Waals surface area contributed by atoms with Gasteiger partial charge in [0.2, 0.25) is 0 Å². The van der Waals surface area contributed by atoms with E-state index in [0.717, 1.165) is 22.8 Å². The van der Waals surface area contributed by atoms with Crippen molar-refractivity contribution in [2.24, 2.45) is 0 Å². The van der Waals surface area contributed by atoms with Gasteiger partial charge in [-0.1, -0.05) is 73.2 Å². The lowest BCUT2D eigenvalue weighted by Crippen LogP contribution is -2.30. The smallest absolute Gasteiger partial charge is 0.252 e. The molecule has 3 nitrogen and oxygen atoms in total. The van der Waals surface area contributed by atoms with Gasteiger partial charge in [0.15, 0.2) is 0 Å². The van der Waals surface area contributed by atoms with Crippen molar-refractivity contribution >= 4 is 17.7 Å². The Morgan fingerprint density at radius 3 is 2.29 bits per heavy atom. The van der Waals surface area contributed by atoms with Crippen LogP contribution >= 0.6 is 11.8 Å². The number of amides is 1. The molecule has 0 aromatic heterocycles. The number of hydrogen-bond acceptors (Lipinski definition) is 3. The third kappa shape index (κ3) is 6.22. The summed E-state index contributed by atoms with van der Waals surface area (Å²) in [5, 5.41) is 3.16. The summed E-state index contributed by atoms with van der Waals surface area (Å²) in [5.74, 6) is 0.841. The summed E-state index contributed by atoms with van der Waals surface area (Å²) in [4.78, 5) is 16.6. The first-order valence-electron chi connectivity index (χ1n) is 11.1. The topological polar surface area (TPSA) is 32.3 Å². The van der Waals surface area contributed by atoms with Gasteiger partial charge in [-0.2, -0.15) is 0 Å². The van der Waals surface area contributed by atoms with Gasteiger partial charge in [0.05, 0.1) is 5.56 Å². The quantitative estimate of drug-likeness (QED) is 0.452. The normalized spacial score (nSPS) is 14.3. The van der Waals surface area contributed by atoms with E-state index in [-0.39, 0.29) is 5.91 Å². The van der Waals surface area contributed by atoms with Crippen molar-refractivity contribution in [3.63, 3.8) is 0 Å². The van der Waals surface area contributed by atoms with Gasteiger partial charge in [-0.05, 0) is 54.8 Å². The van der Waals surface area contributed by atoms with E-state index in [9.17, 15) is 4.79 Å². The molecule has 0 atom stereocenters. The average Bonchev–Trinajstić information content (AvgIpc) is 2.83. The number of nitrogens with one attached hydrogen (secondary N) is 1. The largest absolute Gasteiger partial charge is 0.348 e. The second-order valence-electron chi connectivity index (χ2n) is 8.06. The van der Waals surface area contributed by atoms with Crippen molar-refractivity contribution in [1.82, 2.24) is 10.2 Å². The minimum Gasteiger partial charge on any atom is -0.348 e. The lowest BCUT2D eigenvalue weighted by Gasteiger charge is -2.27. The Labute approximate surface area is 189 Å². The van der Waals surface area contributed by atoms with Crippen LogP contribution in [-0.4, -0.2) is 23.9 Å². The summed E-state index contributed by atoms with van der Waals surface area (Å²) in [6.07, 6.45) is 3.92. The number of thioether (sulfide) groups is 1. The fourth-order valence-corrected chi connectivity index (χ4v) is 5.03. The Balaban J connectivity index is 1.39. The zero-order valence-electron chi connectivity index (χ0n) is 17.9. The van der Waals surface area contributed by atoms with Crippen LogP contribution < -0.4 is 5.32 Å². The number of piperidine rings is 1. The molecular formula is C27H30N2OS. The van der Waals surface area contributed by atoms with Crippen molar-refractivity contribution in [2.45, 2.75) is 43.0 Å². The first-order valence-corrected chi connectivity index (χ1v) is 12.1. The molecule has 0 saturated carbocycles. The number of hydrogen-bond donors (Lipinski definition) is 1. The summed E-state index contributed by atoms with van der Waals surface area (Å²) in [6, 6.07) is 26.7. The monoisotopic (exact) mass is 430 g/mol. The Morgan fingerprint density at radius 2 is 1.48 bits per heavy atom. The Hall–Kier alpha value is -2.56. The number of nitrogens with zero attached hydrogens (tertiary/aromatic N) is 1. The van der Waals surface area contributed by atoms with Crippen LogP contribution in [0, 0.1) is 0 Å². The summed E-state index contributed by atoms with van der Waals surface area (Å²) in [6.45, 7) is 3.87. The lowest BCUT2D eigenvalue weighted by atomic mass is 10.0. The van der Waals surface area contributed by atoms with E-state index >= 15 is 0 Å². The van der Waals surface area contributed by atoms with Crippen molar-refractivity contribution in [2.75, 3.05) is 13.1 Å². The van der Waals surface area contributed by atoms with Gasteiger partial charge in [-0.25, -0.2) is 0 Å². The second kappa shape index (κ2) is 11.2. The van der Waals surface area contributed by atoms with Crippen molar-refractivity contribution < 1.29 is 4.79 Å². The third-order valence-electron chi connectivity index (χ3n) is 5.77. The number of carbonyl (C=O) groups excluding carboxylic acids is 1. The molecule has 1 saturated heterocycles. The molecular weight excluding hydrogens is 400 g/mol. The SMILES string of the molecule is O=C(NCc1ccccc1CN1CCCCC1)c1ccccc1SCc1ccccc1. The lowest BCUT2D eigenvalue weighted by molar-refractivity contribution is 0.0948. The Bertz CT molecular complexity index is 983. The van der Waals surface area contributed by atoms with Gasteiger partial charge in [0, 0.05) is 23.7 Å². The van der Waals surface area contributed by atoms with Crippen LogP contribution in [0.1, 0.15) is 46.3 Å². The Kier molecular flexibility index (Phi) is 7.81. The van der Waals surface area contributed by atoms with Crippen molar-refractivity contribution in [1.29, 1.82) is 0 Å². The number of rotatable bonds is 8. The van der Waals surface area contributed by atoms with Crippen LogP contribution in [-0.2, 0) is 18.8 Å². The van der Waals surface area contributed by atoms with E-state index in [1.807, 2.05) is 30.3 Å². The molecule has 31 heavy (non-hydrogen) atoms. The highest BCUT2D eigenvalue weighted by molar-refractivity contribution is 7.98. The van der Waals surface area contributed by atoms with E-state index in [1.165, 1.54) is 49.0 Å². The van der Waals surface area contributed by atoms with Crippen LogP contribution in [0.25, 0.3) is 0 Å². The summed E-state index contributed by atoms with van der Waals surface area (Å²) in [7, 11) is 0. The fraction of sp³-hybridized carbons (Fsp3) is 0.296. The minimum atomic E-state index is -0.0102. The molecule has 3 aromatic carbocycles. The molecule has 0 bridgehead atoms. The standard InChI is InChI=1S/C27H30N2OS/c30-27(25-15-7-8-16-26(25)31-21-22-11-3-1-4-12-22)28-19-23-13-5-6-14-24(23)20-29-17-9-2-10-18-29/h1,3-8,11-16H,2,9-10,17-21H2,(H,28,30). The summed E-state index contributed by atoms with van der Waals surface area (Å²) >= 11 is 1.71. The molecule has 0 radical (unpaired) electrons. The van der Waals surface area contributed by atoms with Crippen molar-refractivity contribution in [3.05, 3.63) is 101 Å². The van der Waals surface area contributed by atoms with E-state index in [0.29, 0.717) is 6.54 Å². The van der Waals surface area contributed by atoms with E-state index in [1.54, 1.807) is 11.8 Å². The van der Waals surface area contributed by atoms with Crippen LogP contribution in [0.2, 0.25) is 0 Å². The van der Waals surface area contributed by atoms with Crippen molar-refractivity contribution in [3.8, 4) is 0 Å². The predicted octanol–water partition coefficient (Wildman–Crippen LogP) is 5.89. The van der Waals surface area contributed by atoms with Gasteiger partial charge in [0.1, 0.15) is 0 Å². The van der Waals surface area contributed by atoms with E-state index in [2.05, 4.69) is 58.7 Å². The zero-order chi connectivity index (χ0) is 21.3. The first-order chi connectivity index (χ1) is 15.3. The molecule has 1 heterocycles. The minimum absolute atomic E-state index is 0.0102. The third-order valence-corrected chi connectivity index (χ3v) is 6.91. The highest BCUT2D eigenvalue weighted by atomic mass is 32.2. The molecule has 4 heteroatoms. The number of benzene rings is 3. The molecule has 0 aliphatic carbocycles. The molecule has 1 aliphatic rings. The fourth-order valence-electron chi connectivity index (χ4n) is 4.03. The summed E-state index contributed by atoms with van der Waals surface area (Å²) < 4.78 is 0. The highest BCUT2D eigenvalue weighted by Crippen LogP contribution is 2.26. The molecule has 1 N–H and O–H groups in total. The van der Waals surface area contributed by atoms with Crippen LogP contribution in [0.3, 0.4) is 0 Å². The van der Waals surface area contributed by atoms with Crippen LogP contribution in [0.4, 0.5) is 0 Å². The van der Waals surface area contributed by atoms with Crippen LogP contribution in [0.5, 0.6) is 0 Å². The summed E-state index contributed by atoms with van der Waals surface area (Å²) in [5.41, 5.74) is 4.53. The molecule has 160 valence electrons. The number of likely N-dealkylation sites (tertiary alicyclic amines) is 1. The maximum Gasteiger partial charge on any atom is 0.252 e. The van der Waals surface area contributed by atoms with Gasteiger partial charge in [-0.15, -0.1) is 11.8 Å². The first kappa shape index (κ1) is 21.7. The van der Waals surface area contributed by atoms with Gasteiger partial charge < -0.3 is 5.32 Å². The van der Waals surface area contributed by atoms with Gasteiger partial charge in [0.25, 0.3) is 5.91 Å². The molecule has 1 fully saturated rings. The number of carbonyl (C=O) groups is 1. The average molecular weight is 431 g/mol. The molecule has 3 aromatic rings. The van der Waals surface area contributed by atoms with Gasteiger partial charge >= 0.3 is 0 Å². The molecule has 1 aliphatic heterocycles. The maximum atomic E-state index is 13.0. The van der Waals surface area contributed by atoms with E-state index in [4.69, 9.17) is 0 Å². The molecule has 4 rings (SSSR count). The van der Waals surface area contributed by atoms with Crippen LogP contribution in [0.15, 0.2) is 83.8 Å². The molecule has 0 unspecified atom stereocenters. The second-order valence-corrected chi connectivity index (χ2v) is 9.08. The molecule has 0 spiro atoms.